The molecule has 0 aromatic heterocycles. The maximum Gasteiger partial charge on any atom is 0.301 e. The number of benzene rings is 1. The van der Waals surface area contributed by atoms with Crippen LogP contribution in [-0.2, 0) is 10.2 Å². The van der Waals surface area contributed by atoms with E-state index in [9.17, 15) is 8.42 Å². The zero-order valence-electron chi connectivity index (χ0n) is 10.5. The Morgan fingerprint density at radius 2 is 2.17 bits per heavy atom. The third-order valence-corrected chi connectivity index (χ3v) is 4.58. The monoisotopic (exact) mass is 290 g/mol. The molecule has 0 radical (unpaired) electrons. The normalized spacial score (nSPS) is 11.8. The number of aliphatic hydroxyl groups is 1. The van der Waals surface area contributed by atoms with Gasteiger partial charge in [-0.2, -0.15) is 12.7 Å². The van der Waals surface area contributed by atoms with Crippen molar-refractivity contribution in [2.45, 2.75) is 11.3 Å². The van der Waals surface area contributed by atoms with E-state index in [-0.39, 0.29) is 13.2 Å². The molecule has 1 aromatic rings. The number of anilines is 1. The van der Waals surface area contributed by atoms with Gasteiger partial charge in [-0.1, -0.05) is 6.07 Å². The molecule has 18 heavy (non-hydrogen) atoms. The minimum atomic E-state index is -3.55. The van der Waals surface area contributed by atoms with E-state index < -0.39 is 10.2 Å². The largest absolute Gasteiger partial charge is 0.396 e. The summed E-state index contributed by atoms with van der Waals surface area (Å²) < 4.78 is 27.6. The lowest BCUT2D eigenvalue weighted by molar-refractivity contribution is 0.276. The van der Waals surface area contributed by atoms with Crippen LogP contribution in [0.15, 0.2) is 29.2 Å². The van der Waals surface area contributed by atoms with Crippen LogP contribution < -0.4 is 4.72 Å². The van der Waals surface area contributed by atoms with Gasteiger partial charge in [0.1, 0.15) is 0 Å². The number of thioether (sulfide) groups is 1. The van der Waals surface area contributed by atoms with E-state index >= 15 is 0 Å². The molecule has 102 valence electrons. The van der Waals surface area contributed by atoms with E-state index in [0.717, 1.165) is 4.90 Å². The molecule has 0 unspecified atom stereocenters. The van der Waals surface area contributed by atoms with Gasteiger partial charge in [0.2, 0.25) is 0 Å². The summed E-state index contributed by atoms with van der Waals surface area (Å²) in [5.41, 5.74) is 0.540. The van der Waals surface area contributed by atoms with Crippen molar-refractivity contribution in [2.75, 3.05) is 31.2 Å². The highest BCUT2D eigenvalue weighted by Gasteiger charge is 2.16. The Morgan fingerprint density at radius 1 is 1.44 bits per heavy atom. The second kappa shape index (κ2) is 6.98. The van der Waals surface area contributed by atoms with Crippen molar-refractivity contribution in [3.8, 4) is 0 Å². The Kier molecular flexibility index (Phi) is 5.94. The van der Waals surface area contributed by atoms with Crippen LogP contribution in [0.1, 0.15) is 6.42 Å². The molecule has 0 amide bonds. The molecule has 1 aromatic carbocycles. The van der Waals surface area contributed by atoms with Crippen molar-refractivity contribution in [3.05, 3.63) is 24.3 Å². The van der Waals surface area contributed by atoms with Gasteiger partial charge in [-0.15, -0.1) is 11.8 Å². The average Bonchev–Trinajstić information content (AvgIpc) is 2.35. The maximum absolute atomic E-state index is 11.9. The highest BCUT2D eigenvalue weighted by atomic mass is 32.2. The van der Waals surface area contributed by atoms with Crippen molar-refractivity contribution < 1.29 is 13.5 Å². The molecule has 7 heteroatoms. The number of hydrogen-bond donors (Lipinski definition) is 2. The highest BCUT2D eigenvalue weighted by Crippen LogP contribution is 2.20. The van der Waals surface area contributed by atoms with Gasteiger partial charge in [0, 0.05) is 25.1 Å². The molecule has 0 aliphatic heterocycles. The van der Waals surface area contributed by atoms with Crippen LogP contribution in [0.2, 0.25) is 0 Å². The second-order valence-electron chi connectivity index (χ2n) is 3.74. The number of aliphatic hydroxyl groups excluding tert-OH is 1. The number of hydrogen-bond acceptors (Lipinski definition) is 4. The summed E-state index contributed by atoms with van der Waals surface area (Å²) in [6, 6.07) is 7.20. The quantitative estimate of drug-likeness (QED) is 0.744. The lowest BCUT2D eigenvalue weighted by Gasteiger charge is -2.18. The standard InChI is InChI=1S/C11H18N2O3S2/c1-13(7-4-8-14)18(15,16)12-10-5-3-6-11(9-10)17-2/h3,5-6,9,12,14H,4,7-8H2,1-2H3. The van der Waals surface area contributed by atoms with Gasteiger partial charge >= 0.3 is 10.2 Å². The van der Waals surface area contributed by atoms with Crippen LogP contribution in [0.25, 0.3) is 0 Å². The fourth-order valence-electron chi connectivity index (χ4n) is 1.33. The Hall–Kier alpha value is -0.760. The summed E-state index contributed by atoms with van der Waals surface area (Å²) in [5, 5.41) is 8.69. The first-order chi connectivity index (χ1) is 8.49. The molecular formula is C11H18N2O3S2. The van der Waals surface area contributed by atoms with Crippen LogP contribution in [0.3, 0.4) is 0 Å². The van der Waals surface area contributed by atoms with Gasteiger partial charge in [0.05, 0.1) is 5.69 Å². The van der Waals surface area contributed by atoms with Crippen molar-refractivity contribution in [2.24, 2.45) is 0 Å². The average molecular weight is 290 g/mol. The van der Waals surface area contributed by atoms with Crippen molar-refractivity contribution >= 4 is 27.7 Å². The predicted molar refractivity (Wildman–Crippen MR) is 75.1 cm³/mol. The van der Waals surface area contributed by atoms with E-state index in [4.69, 9.17) is 5.11 Å². The summed E-state index contributed by atoms with van der Waals surface area (Å²) in [4.78, 5) is 0.994. The Morgan fingerprint density at radius 3 is 2.78 bits per heavy atom. The van der Waals surface area contributed by atoms with Crippen LogP contribution in [0.5, 0.6) is 0 Å². The van der Waals surface area contributed by atoms with Gasteiger partial charge in [0.25, 0.3) is 0 Å². The number of nitrogens with zero attached hydrogens (tertiary/aromatic N) is 1. The van der Waals surface area contributed by atoms with Gasteiger partial charge < -0.3 is 5.11 Å². The van der Waals surface area contributed by atoms with Gasteiger partial charge in [-0.25, -0.2) is 0 Å². The Bertz CT molecular complexity index is 477. The zero-order valence-corrected chi connectivity index (χ0v) is 12.1. The molecule has 2 N–H and O–H groups in total. The summed E-state index contributed by atoms with van der Waals surface area (Å²) in [7, 11) is -2.07. The fraction of sp³-hybridized carbons (Fsp3) is 0.455. The molecule has 1 rings (SSSR count). The number of nitrogens with one attached hydrogen (secondary N) is 1. The van der Waals surface area contributed by atoms with Gasteiger partial charge in [-0.05, 0) is 30.9 Å². The van der Waals surface area contributed by atoms with E-state index in [0.29, 0.717) is 12.1 Å². The Balaban J connectivity index is 2.75. The summed E-state index contributed by atoms with van der Waals surface area (Å²) in [5.74, 6) is 0. The molecule has 0 heterocycles. The van der Waals surface area contributed by atoms with Gasteiger partial charge in [-0.3, -0.25) is 4.72 Å². The molecular weight excluding hydrogens is 272 g/mol. The van der Waals surface area contributed by atoms with E-state index in [1.165, 1.54) is 11.4 Å². The molecule has 0 saturated heterocycles. The third kappa shape index (κ3) is 4.49. The first-order valence-corrected chi connectivity index (χ1v) is 8.15. The van der Waals surface area contributed by atoms with E-state index in [2.05, 4.69) is 4.72 Å². The molecule has 0 bridgehead atoms. The van der Waals surface area contributed by atoms with E-state index in [1.54, 1.807) is 30.0 Å². The van der Waals surface area contributed by atoms with Crippen molar-refractivity contribution in [1.82, 2.24) is 4.31 Å². The van der Waals surface area contributed by atoms with Crippen molar-refractivity contribution in [3.63, 3.8) is 0 Å². The Labute approximate surface area is 112 Å². The molecule has 0 fully saturated rings. The first-order valence-electron chi connectivity index (χ1n) is 5.48. The first kappa shape index (κ1) is 15.3. The molecule has 0 spiro atoms. The molecule has 5 nitrogen and oxygen atoms in total. The lowest BCUT2D eigenvalue weighted by atomic mass is 10.3. The summed E-state index contributed by atoms with van der Waals surface area (Å²) >= 11 is 1.55. The zero-order chi connectivity index (χ0) is 13.6. The van der Waals surface area contributed by atoms with Crippen LogP contribution >= 0.6 is 11.8 Å². The highest BCUT2D eigenvalue weighted by molar-refractivity contribution is 7.98. The van der Waals surface area contributed by atoms with Crippen LogP contribution in [0, 0.1) is 0 Å². The summed E-state index contributed by atoms with van der Waals surface area (Å²) in [6.45, 7) is 0.260. The fourth-order valence-corrected chi connectivity index (χ4v) is 2.74. The predicted octanol–water partition coefficient (Wildman–Crippen LogP) is 1.38. The third-order valence-electron chi connectivity index (χ3n) is 2.36. The second-order valence-corrected chi connectivity index (χ2v) is 6.40. The minimum absolute atomic E-state index is 0.0260. The SMILES string of the molecule is CSc1cccc(NS(=O)(=O)N(C)CCCO)c1. The molecule has 0 saturated carbocycles. The molecule has 0 aliphatic rings. The smallest absolute Gasteiger partial charge is 0.301 e. The number of rotatable bonds is 7. The topological polar surface area (TPSA) is 69.6 Å². The van der Waals surface area contributed by atoms with Gasteiger partial charge in [0.15, 0.2) is 0 Å². The lowest BCUT2D eigenvalue weighted by Crippen LogP contribution is -2.33. The molecule has 0 atom stereocenters. The van der Waals surface area contributed by atoms with Crippen LogP contribution in [-0.4, -0.2) is 44.3 Å². The summed E-state index contributed by atoms with van der Waals surface area (Å²) in [6.07, 6.45) is 2.35. The van der Waals surface area contributed by atoms with Crippen molar-refractivity contribution in [1.29, 1.82) is 0 Å². The van der Waals surface area contributed by atoms with Crippen LogP contribution in [0.4, 0.5) is 5.69 Å². The maximum atomic E-state index is 11.9. The minimum Gasteiger partial charge on any atom is -0.396 e. The molecule has 0 aliphatic carbocycles. The van der Waals surface area contributed by atoms with E-state index in [1.807, 2.05) is 12.3 Å².